The van der Waals surface area contributed by atoms with Crippen molar-refractivity contribution in [3.05, 3.63) is 35.4 Å². The van der Waals surface area contributed by atoms with Gasteiger partial charge in [0, 0.05) is 6.61 Å². The molecule has 18 heavy (non-hydrogen) atoms. The largest absolute Gasteiger partial charge is 0.377 e. The summed E-state index contributed by atoms with van der Waals surface area (Å²) in [6, 6.07) is 8.76. The van der Waals surface area contributed by atoms with Crippen LogP contribution in [-0.2, 0) is 17.8 Å². The molecule has 2 heteroatoms. The van der Waals surface area contributed by atoms with Gasteiger partial charge in [-0.1, -0.05) is 50.5 Å². The first-order chi connectivity index (χ1) is 8.86. The first kappa shape index (κ1) is 15.2. The van der Waals surface area contributed by atoms with Gasteiger partial charge in [-0.25, -0.2) is 0 Å². The SMILES string of the molecule is CCCCCCOCc1ccc(CCNC)cc1. The van der Waals surface area contributed by atoms with Crippen molar-refractivity contribution in [2.24, 2.45) is 0 Å². The molecule has 0 amide bonds. The number of hydrogen-bond donors (Lipinski definition) is 1. The predicted molar refractivity (Wildman–Crippen MR) is 77.9 cm³/mol. The van der Waals surface area contributed by atoms with Gasteiger partial charge in [0.15, 0.2) is 0 Å². The van der Waals surface area contributed by atoms with Crippen molar-refractivity contribution in [1.82, 2.24) is 5.32 Å². The number of rotatable bonds is 10. The van der Waals surface area contributed by atoms with Gasteiger partial charge < -0.3 is 10.1 Å². The van der Waals surface area contributed by atoms with Crippen molar-refractivity contribution in [1.29, 1.82) is 0 Å². The average Bonchev–Trinajstić information content (AvgIpc) is 2.42. The van der Waals surface area contributed by atoms with Gasteiger partial charge in [-0.3, -0.25) is 0 Å². The molecule has 2 nitrogen and oxygen atoms in total. The first-order valence-corrected chi connectivity index (χ1v) is 7.17. The zero-order valence-electron chi connectivity index (χ0n) is 11.9. The summed E-state index contributed by atoms with van der Waals surface area (Å²) in [5.74, 6) is 0. The average molecular weight is 249 g/mol. The molecule has 0 saturated carbocycles. The van der Waals surface area contributed by atoms with E-state index in [0.717, 1.165) is 26.2 Å². The van der Waals surface area contributed by atoms with E-state index >= 15 is 0 Å². The molecular weight excluding hydrogens is 222 g/mol. The van der Waals surface area contributed by atoms with E-state index in [1.54, 1.807) is 0 Å². The number of ether oxygens (including phenoxy) is 1. The van der Waals surface area contributed by atoms with Gasteiger partial charge in [-0.05, 0) is 37.6 Å². The quantitative estimate of drug-likeness (QED) is 0.640. The molecule has 0 unspecified atom stereocenters. The normalized spacial score (nSPS) is 10.8. The van der Waals surface area contributed by atoms with Crippen molar-refractivity contribution >= 4 is 0 Å². The van der Waals surface area contributed by atoms with E-state index in [1.165, 1.54) is 36.8 Å². The van der Waals surface area contributed by atoms with Crippen LogP contribution in [0.2, 0.25) is 0 Å². The minimum absolute atomic E-state index is 0.748. The monoisotopic (exact) mass is 249 g/mol. The summed E-state index contributed by atoms with van der Waals surface area (Å²) >= 11 is 0. The molecule has 1 N–H and O–H groups in total. The number of hydrogen-bond acceptors (Lipinski definition) is 2. The van der Waals surface area contributed by atoms with Crippen LogP contribution in [0.5, 0.6) is 0 Å². The molecule has 0 fully saturated rings. The van der Waals surface area contributed by atoms with E-state index < -0.39 is 0 Å². The van der Waals surface area contributed by atoms with Gasteiger partial charge in [-0.15, -0.1) is 0 Å². The Hall–Kier alpha value is -0.860. The predicted octanol–water partition coefficient (Wildman–Crippen LogP) is 3.55. The van der Waals surface area contributed by atoms with E-state index in [0.29, 0.717) is 0 Å². The summed E-state index contributed by atoms with van der Waals surface area (Å²) < 4.78 is 5.67. The van der Waals surface area contributed by atoms with E-state index in [9.17, 15) is 0 Å². The Morgan fingerprint density at radius 1 is 1.00 bits per heavy atom. The second kappa shape index (κ2) is 10.1. The molecule has 0 heterocycles. The van der Waals surface area contributed by atoms with E-state index in [-0.39, 0.29) is 0 Å². The van der Waals surface area contributed by atoms with Crippen molar-refractivity contribution in [2.75, 3.05) is 20.2 Å². The standard InChI is InChI=1S/C16H27NO/c1-3-4-5-6-13-18-14-16-9-7-15(8-10-16)11-12-17-2/h7-10,17H,3-6,11-14H2,1-2H3. The molecule has 0 bridgehead atoms. The molecule has 102 valence electrons. The van der Waals surface area contributed by atoms with Gasteiger partial charge in [-0.2, -0.15) is 0 Å². The van der Waals surface area contributed by atoms with Gasteiger partial charge >= 0.3 is 0 Å². The molecule has 0 aliphatic carbocycles. The Morgan fingerprint density at radius 3 is 2.39 bits per heavy atom. The number of nitrogens with one attached hydrogen (secondary N) is 1. The van der Waals surface area contributed by atoms with Crippen molar-refractivity contribution < 1.29 is 4.74 Å². The number of benzene rings is 1. The molecule has 1 rings (SSSR count). The van der Waals surface area contributed by atoms with Gasteiger partial charge in [0.25, 0.3) is 0 Å². The summed E-state index contributed by atoms with van der Waals surface area (Å²) in [6.07, 6.45) is 6.18. The summed E-state index contributed by atoms with van der Waals surface area (Å²) in [5.41, 5.74) is 2.66. The summed E-state index contributed by atoms with van der Waals surface area (Å²) in [5, 5.41) is 3.16. The maximum absolute atomic E-state index is 5.67. The molecular formula is C16H27NO. The van der Waals surface area contributed by atoms with Gasteiger partial charge in [0.05, 0.1) is 6.61 Å². The molecule has 1 aromatic carbocycles. The van der Waals surface area contributed by atoms with Crippen molar-refractivity contribution in [3.8, 4) is 0 Å². The zero-order valence-corrected chi connectivity index (χ0v) is 11.9. The van der Waals surface area contributed by atoms with Crippen LogP contribution in [-0.4, -0.2) is 20.2 Å². The van der Waals surface area contributed by atoms with Crippen LogP contribution in [0.15, 0.2) is 24.3 Å². The third-order valence-corrected chi connectivity index (χ3v) is 3.10. The summed E-state index contributed by atoms with van der Waals surface area (Å²) in [7, 11) is 1.99. The fourth-order valence-corrected chi connectivity index (χ4v) is 1.89. The summed E-state index contributed by atoms with van der Waals surface area (Å²) in [4.78, 5) is 0. The molecule has 0 radical (unpaired) electrons. The topological polar surface area (TPSA) is 21.3 Å². The summed E-state index contributed by atoms with van der Waals surface area (Å²) in [6.45, 7) is 4.91. The highest BCUT2D eigenvalue weighted by molar-refractivity contribution is 5.22. The Labute approximate surface area is 112 Å². The van der Waals surface area contributed by atoms with E-state index in [2.05, 4.69) is 36.5 Å². The lowest BCUT2D eigenvalue weighted by molar-refractivity contribution is 0.117. The lowest BCUT2D eigenvalue weighted by Gasteiger charge is -2.06. The fraction of sp³-hybridized carbons (Fsp3) is 0.625. The van der Waals surface area contributed by atoms with Crippen LogP contribution >= 0.6 is 0 Å². The van der Waals surface area contributed by atoms with Crippen LogP contribution in [0.25, 0.3) is 0 Å². The molecule has 1 aromatic rings. The molecule has 0 aliphatic heterocycles. The lowest BCUT2D eigenvalue weighted by atomic mass is 10.1. The fourth-order valence-electron chi connectivity index (χ4n) is 1.89. The maximum atomic E-state index is 5.67. The third kappa shape index (κ3) is 6.77. The van der Waals surface area contributed by atoms with Crippen LogP contribution < -0.4 is 5.32 Å². The van der Waals surface area contributed by atoms with Gasteiger partial charge in [0.2, 0.25) is 0 Å². The van der Waals surface area contributed by atoms with Crippen LogP contribution in [0.4, 0.5) is 0 Å². The molecule has 0 atom stereocenters. The lowest BCUT2D eigenvalue weighted by Crippen LogP contribution is -2.10. The highest BCUT2D eigenvalue weighted by Gasteiger charge is 1.95. The molecule has 0 aliphatic rings. The van der Waals surface area contributed by atoms with Crippen molar-refractivity contribution in [3.63, 3.8) is 0 Å². The highest BCUT2D eigenvalue weighted by Crippen LogP contribution is 2.07. The maximum Gasteiger partial charge on any atom is 0.0716 e. The minimum Gasteiger partial charge on any atom is -0.377 e. The van der Waals surface area contributed by atoms with Crippen molar-refractivity contribution in [2.45, 2.75) is 45.6 Å². The van der Waals surface area contributed by atoms with Crippen LogP contribution in [0.3, 0.4) is 0 Å². The Balaban J connectivity index is 2.14. The van der Waals surface area contributed by atoms with E-state index in [4.69, 9.17) is 4.74 Å². The zero-order chi connectivity index (χ0) is 13.1. The second-order valence-electron chi connectivity index (χ2n) is 4.78. The first-order valence-electron chi connectivity index (χ1n) is 7.17. The third-order valence-electron chi connectivity index (χ3n) is 3.10. The van der Waals surface area contributed by atoms with Crippen LogP contribution in [0.1, 0.15) is 43.7 Å². The van der Waals surface area contributed by atoms with Crippen LogP contribution in [0, 0.1) is 0 Å². The Bertz CT molecular complexity index is 294. The van der Waals surface area contributed by atoms with Gasteiger partial charge in [0.1, 0.15) is 0 Å². The highest BCUT2D eigenvalue weighted by atomic mass is 16.5. The minimum atomic E-state index is 0.748. The molecule has 0 saturated heterocycles. The second-order valence-corrected chi connectivity index (χ2v) is 4.78. The smallest absolute Gasteiger partial charge is 0.0716 e. The number of unbranched alkanes of at least 4 members (excludes halogenated alkanes) is 3. The van der Waals surface area contributed by atoms with E-state index in [1.807, 2.05) is 7.05 Å². The molecule has 0 spiro atoms. The Morgan fingerprint density at radius 2 is 1.72 bits per heavy atom. The Kier molecular flexibility index (Phi) is 8.53. The molecule has 0 aromatic heterocycles. The number of likely N-dealkylation sites (N-methyl/N-ethyl adjacent to an activating group) is 1.